The van der Waals surface area contributed by atoms with Gasteiger partial charge in [0.1, 0.15) is 18.2 Å². The Bertz CT molecular complexity index is 1220. The number of amidine groups is 1. The Morgan fingerprint density at radius 2 is 1.85 bits per heavy atom. The highest BCUT2D eigenvalue weighted by Gasteiger charge is 2.18. The molecule has 0 spiro atoms. The standard InChI is InChI=1S/C27H27N5O/c1-18(2)24-8-3-19(15-22(24)16-28)17-33-23-6-4-20(5-7-23)25(27-31-13-14-32-27)26(29)21-9-11-30-12-10-21/h3-12,15,18H,13-14,17,29H2,1-2H3,(H,31,32). The third-order valence-corrected chi connectivity index (χ3v) is 5.58. The maximum atomic E-state index is 9.45. The summed E-state index contributed by atoms with van der Waals surface area (Å²) >= 11 is 0. The number of aromatic nitrogens is 1. The van der Waals surface area contributed by atoms with Crippen LogP contribution in [0.25, 0.3) is 11.3 Å². The van der Waals surface area contributed by atoms with Crippen molar-refractivity contribution >= 4 is 17.1 Å². The number of hydrogen-bond donors (Lipinski definition) is 2. The fraction of sp³-hybridized carbons (Fsp3) is 0.222. The molecule has 0 radical (unpaired) electrons. The predicted molar refractivity (Wildman–Crippen MR) is 132 cm³/mol. The number of pyridine rings is 1. The summed E-state index contributed by atoms with van der Waals surface area (Å²) in [7, 11) is 0. The van der Waals surface area contributed by atoms with Gasteiger partial charge in [0.25, 0.3) is 0 Å². The second kappa shape index (κ2) is 10.0. The highest BCUT2D eigenvalue weighted by atomic mass is 16.5. The monoisotopic (exact) mass is 437 g/mol. The van der Waals surface area contributed by atoms with E-state index >= 15 is 0 Å². The van der Waals surface area contributed by atoms with Gasteiger partial charge in [0.2, 0.25) is 0 Å². The van der Waals surface area contributed by atoms with Gasteiger partial charge in [0.15, 0.2) is 0 Å². The molecule has 6 nitrogen and oxygen atoms in total. The fourth-order valence-corrected chi connectivity index (χ4v) is 3.84. The molecule has 3 aromatic rings. The van der Waals surface area contributed by atoms with Crippen LogP contribution in [0.4, 0.5) is 0 Å². The summed E-state index contributed by atoms with van der Waals surface area (Å²) in [4.78, 5) is 8.67. The number of nitriles is 1. The van der Waals surface area contributed by atoms with E-state index in [1.807, 2.05) is 54.6 Å². The minimum absolute atomic E-state index is 0.308. The summed E-state index contributed by atoms with van der Waals surface area (Å²) in [6, 6.07) is 19.9. The van der Waals surface area contributed by atoms with Crippen molar-refractivity contribution in [1.82, 2.24) is 10.3 Å². The van der Waals surface area contributed by atoms with E-state index in [1.165, 1.54) is 0 Å². The van der Waals surface area contributed by atoms with Crippen molar-refractivity contribution in [2.75, 3.05) is 13.1 Å². The number of nitrogens with two attached hydrogens (primary N) is 1. The van der Waals surface area contributed by atoms with Crippen LogP contribution < -0.4 is 15.8 Å². The summed E-state index contributed by atoms with van der Waals surface area (Å²) in [6.45, 7) is 6.09. The first-order chi connectivity index (χ1) is 16.1. The quantitative estimate of drug-likeness (QED) is 0.568. The van der Waals surface area contributed by atoms with Crippen LogP contribution in [0.1, 0.15) is 47.6 Å². The van der Waals surface area contributed by atoms with Crippen LogP contribution in [-0.2, 0) is 6.61 Å². The number of aliphatic imine (C=N–C) groups is 1. The van der Waals surface area contributed by atoms with Gasteiger partial charge in [0.05, 0.1) is 23.9 Å². The molecule has 1 aromatic heterocycles. The summed E-state index contributed by atoms with van der Waals surface area (Å²) in [6.07, 6.45) is 3.46. The lowest BCUT2D eigenvalue weighted by atomic mass is 9.96. The Hall–Kier alpha value is -4.11. The Kier molecular flexibility index (Phi) is 6.70. The number of nitrogens with one attached hydrogen (secondary N) is 1. The van der Waals surface area contributed by atoms with Gasteiger partial charge in [-0.3, -0.25) is 9.98 Å². The van der Waals surface area contributed by atoms with Gasteiger partial charge >= 0.3 is 0 Å². The zero-order valence-corrected chi connectivity index (χ0v) is 18.9. The number of nitrogens with zero attached hydrogens (tertiary/aromatic N) is 3. The zero-order valence-electron chi connectivity index (χ0n) is 18.9. The molecule has 4 rings (SSSR count). The number of ether oxygens (including phenoxy) is 1. The Morgan fingerprint density at radius 1 is 1.09 bits per heavy atom. The second-order valence-corrected chi connectivity index (χ2v) is 8.18. The normalized spacial score (nSPS) is 13.7. The molecule has 0 atom stereocenters. The van der Waals surface area contributed by atoms with E-state index < -0.39 is 0 Å². The van der Waals surface area contributed by atoms with Crippen LogP contribution in [0.15, 0.2) is 72.0 Å². The number of hydrogen-bond acceptors (Lipinski definition) is 6. The zero-order chi connectivity index (χ0) is 23.2. The molecule has 2 aromatic carbocycles. The third-order valence-electron chi connectivity index (χ3n) is 5.58. The lowest BCUT2D eigenvalue weighted by molar-refractivity contribution is 0.306. The molecule has 0 saturated carbocycles. The molecule has 0 amide bonds. The molecule has 1 aliphatic heterocycles. The molecular formula is C27H27N5O. The Morgan fingerprint density at radius 3 is 2.48 bits per heavy atom. The second-order valence-electron chi connectivity index (χ2n) is 8.18. The van der Waals surface area contributed by atoms with E-state index in [0.29, 0.717) is 23.8 Å². The molecule has 0 fully saturated rings. The molecule has 0 aliphatic carbocycles. The predicted octanol–water partition coefficient (Wildman–Crippen LogP) is 4.48. The SMILES string of the molecule is CC(C)c1ccc(COc2ccc(C(C3=NCCN3)=C(N)c3ccncc3)cc2)cc1C#N. The van der Waals surface area contributed by atoms with Crippen molar-refractivity contribution < 1.29 is 4.74 Å². The third kappa shape index (κ3) is 5.04. The lowest BCUT2D eigenvalue weighted by Gasteiger charge is -2.15. The average molecular weight is 438 g/mol. The van der Waals surface area contributed by atoms with Gasteiger partial charge in [-0.25, -0.2) is 0 Å². The van der Waals surface area contributed by atoms with Crippen molar-refractivity contribution in [1.29, 1.82) is 5.26 Å². The first-order valence-corrected chi connectivity index (χ1v) is 11.0. The van der Waals surface area contributed by atoms with Crippen molar-refractivity contribution in [2.24, 2.45) is 10.7 Å². The van der Waals surface area contributed by atoms with Crippen LogP contribution >= 0.6 is 0 Å². The summed E-state index contributed by atoms with van der Waals surface area (Å²) in [5, 5.41) is 12.8. The van der Waals surface area contributed by atoms with E-state index in [0.717, 1.165) is 52.5 Å². The van der Waals surface area contributed by atoms with Crippen molar-refractivity contribution in [2.45, 2.75) is 26.4 Å². The molecule has 166 valence electrons. The molecule has 0 bridgehead atoms. The lowest BCUT2D eigenvalue weighted by Crippen LogP contribution is -2.22. The van der Waals surface area contributed by atoms with Gasteiger partial charge in [-0.05, 0) is 52.9 Å². The van der Waals surface area contributed by atoms with E-state index in [-0.39, 0.29) is 0 Å². The van der Waals surface area contributed by atoms with E-state index in [1.54, 1.807) is 12.4 Å². The molecule has 3 N–H and O–H groups in total. The average Bonchev–Trinajstić information content (AvgIpc) is 3.38. The molecule has 33 heavy (non-hydrogen) atoms. The molecule has 0 saturated heterocycles. The van der Waals surface area contributed by atoms with Crippen LogP contribution in [0.2, 0.25) is 0 Å². The topological polar surface area (TPSA) is 96.3 Å². The first-order valence-electron chi connectivity index (χ1n) is 11.0. The maximum absolute atomic E-state index is 9.45. The fourth-order valence-electron chi connectivity index (χ4n) is 3.84. The van der Waals surface area contributed by atoms with E-state index in [9.17, 15) is 5.26 Å². The summed E-state index contributed by atoms with van der Waals surface area (Å²) in [5.74, 6) is 1.85. The summed E-state index contributed by atoms with van der Waals surface area (Å²) < 4.78 is 5.99. The van der Waals surface area contributed by atoms with Crippen LogP contribution in [0, 0.1) is 11.3 Å². The van der Waals surface area contributed by atoms with Crippen molar-refractivity contribution in [3.05, 3.63) is 94.8 Å². The Labute approximate surface area is 194 Å². The van der Waals surface area contributed by atoms with Gasteiger partial charge < -0.3 is 15.8 Å². The molecule has 0 unspecified atom stereocenters. The van der Waals surface area contributed by atoms with Gasteiger partial charge in [-0.2, -0.15) is 5.26 Å². The molecule has 6 heteroatoms. The van der Waals surface area contributed by atoms with Crippen LogP contribution in [0.3, 0.4) is 0 Å². The minimum Gasteiger partial charge on any atom is -0.489 e. The first kappa shape index (κ1) is 22.1. The van der Waals surface area contributed by atoms with Crippen LogP contribution in [-0.4, -0.2) is 23.9 Å². The number of benzene rings is 2. The maximum Gasteiger partial charge on any atom is 0.131 e. The molecule has 1 aliphatic rings. The number of rotatable bonds is 7. The van der Waals surface area contributed by atoms with E-state index in [4.69, 9.17) is 10.5 Å². The van der Waals surface area contributed by atoms with Gasteiger partial charge in [-0.15, -0.1) is 0 Å². The van der Waals surface area contributed by atoms with Gasteiger partial charge in [-0.1, -0.05) is 38.1 Å². The highest BCUT2D eigenvalue weighted by molar-refractivity contribution is 6.29. The molecule has 2 heterocycles. The Balaban J connectivity index is 1.55. The smallest absolute Gasteiger partial charge is 0.131 e. The highest BCUT2D eigenvalue weighted by Crippen LogP contribution is 2.27. The van der Waals surface area contributed by atoms with Crippen molar-refractivity contribution in [3.63, 3.8) is 0 Å². The van der Waals surface area contributed by atoms with Crippen molar-refractivity contribution in [3.8, 4) is 11.8 Å². The molecular weight excluding hydrogens is 410 g/mol. The van der Waals surface area contributed by atoms with Crippen LogP contribution in [0.5, 0.6) is 5.75 Å². The van der Waals surface area contributed by atoms with E-state index in [2.05, 4.69) is 35.2 Å². The summed E-state index contributed by atoms with van der Waals surface area (Å²) in [5.41, 5.74) is 12.6. The largest absolute Gasteiger partial charge is 0.489 e. The van der Waals surface area contributed by atoms with Gasteiger partial charge in [0, 0.05) is 30.1 Å². The minimum atomic E-state index is 0.308.